The topological polar surface area (TPSA) is 95.7 Å². The Morgan fingerprint density at radius 2 is 2.11 bits per heavy atom. The maximum absolute atomic E-state index is 12.4. The largest absolute Gasteiger partial charge is 0.391 e. The van der Waals surface area contributed by atoms with E-state index in [2.05, 4.69) is 5.32 Å². The van der Waals surface area contributed by atoms with E-state index in [4.69, 9.17) is 5.73 Å². The standard InChI is InChI=1S/C12H21N3O3/c1-7-4-8(2-3-14-7)12(18)15-6-9(16)5-10(15)11(13)17/h7-10,14,16H,2-6H2,1H3,(H2,13,17). The fraction of sp³-hybridized carbons (Fsp3) is 0.833. The number of primary amides is 1. The molecule has 6 heteroatoms. The van der Waals surface area contributed by atoms with Gasteiger partial charge in [-0.15, -0.1) is 0 Å². The lowest BCUT2D eigenvalue weighted by atomic mass is 9.92. The highest BCUT2D eigenvalue weighted by atomic mass is 16.3. The molecular weight excluding hydrogens is 234 g/mol. The van der Waals surface area contributed by atoms with Crippen molar-refractivity contribution in [2.45, 2.75) is 44.4 Å². The van der Waals surface area contributed by atoms with Gasteiger partial charge in [0.1, 0.15) is 6.04 Å². The van der Waals surface area contributed by atoms with Crippen molar-refractivity contribution < 1.29 is 14.7 Å². The summed E-state index contributed by atoms with van der Waals surface area (Å²) in [7, 11) is 0. The Labute approximate surface area is 107 Å². The van der Waals surface area contributed by atoms with Crippen molar-refractivity contribution in [3.63, 3.8) is 0 Å². The number of hydrogen-bond donors (Lipinski definition) is 3. The summed E-state index contributed by atoms with van der Waals surface area (Å²) in [6, 6.07) is -0.329. The molecule has 2 amide bonds. The number of hydrogen-bond acceptors (Lipinski definition) is 4. The molecule has 0 aromatic rings. The van der Waals surface area contributed by atoms with Gasteiger partial charge in [-0.25, -0.2) is 0 Å². The molecule has 0 aliphatic carbocycles. The van der Waals surface area contributed by atoms with Crippen LogP contribution in [0.1, 0.15) is 26.2 Å². The number of piperidine rings is 1. The van der Waals surface area contributed by atoms with E-state index < -0.39 is 18.1 Å². The van der Waals surface area contributed by atoms with Gasteiger partial charge in [-0.05, 0) is 26.3 Å². The smallest absolute Gasteiger partial charge is 0.240 e. The molecule has 4 N–H and O–H groups in total. The van der Waals surface area contributed by atoms with Crippen LogP contribution < -0.4 is 11.1 Å². The minimum atomic E-state index is -0.641. The van der Waals surface area contributed by atoms with Gasteiger partial charge in [-0.3, -0.25) is 9.59 Å². The second-order valence-electron chi connectivity index (χ2n) is 5.37. The lowest BCUT2D eigenvalue weighted by molar-refractivity contribution is -0.141. The van der Waals surface area contributed by atoms with Gasteiger partial charge < -0.3 is 21.1 Å². The zero-order chi connectivity index (χ0) is 13.3. The van der Waals surface area contributed by atoms with Crippen molar-refractivity contribution in [3.8, 4) is 0 Å². The molecule has 6 nitrogen and oxygen atoms in total. The maximum Gasteiger partial charge on any atom is 0.240 e. The summed E-state index contributed by atoms with van der Waals surface area (Å²) in [5.41, 5.74) is 5.29. The summed E-state index contributed by atoms with van der Waals surface area (Å²) in [4.78, 5) is 25.2. The fourth-order valence-electron chi connectivity index (χ4n) is 2.92. The molecule has 0 aromatic heterocycles. The quantitative estimate of drug-likeness (QED) is 0.579. The molecule has 102 valence electrons. The molecule has 4 atom stereocenters. The van der Waals surface area contributed by atoms with Gasteiger partial charge in [0.2, 0.25) is 11.8 Å². The number of aliphatic hydroxyl groups is 1. The van der Waals surface area contributed by atoms with E-state index in [0.717, 1.165) is 19.4 Å². The molecule has 0 aromatic carbocycles. The third-order valence-electron chi connectivity index (χ3n) is 3.86. The number of β-amino-alcohol motifs (C(OH)–C–C–N with tert-alkyl or cyclic N) is 1. The van der Waals surface area contributed by atoms with Crippen LogP contribution in [0.25, 0.3) is 0 Å². The summed E-state index contributed by atoms with van der Waals surface area (Å²) in [5, 5.41) is 12.9. The van der Waals surface area contributed by atoms with E-state index in [0.29, 0.717) is 6.04 Å². The Morgan fingerprint density at radius 1 is 1.39 bits per heavy atom. The number of likely N-dealkylation sites (tertiary alicyclic amines) is 1. The number of amides is 2. The number of aliphatic hydroxyl groups excluding tert-OH is 1. The predicted molar refractivity (Wildman–Crippen MR) is 65.5 cm³/mol. The van der Waals surface area contributed by atoms with Crippen LogP contribution in [-0.2, 0) is 9.59 Å². The molecule has 18 heavy (non-hydrogen) atoms. The average molecular weight is 255 g/mol. The predicted octanol–water partition coefficient (Wildman–Crippen LogP) is -1.18. The van der Waals surface area contributed by atoms with Crippen molar-refractivity contribution >= 4 is 11.8 Å². The first-order valence-corrected chi connectivity index (χ1v) is 6.50. The van der Waals surface area contributed by atoms with Crippen molar-refractivity contribution in [2.75, 3.05) is 13.1 Å². The highest BCUT2D eigenvalue weighted by Crippen LogP contribution is 2.25. The molecule has 0 spiro atoms. The molecule has 0 saturated carbocycles. The SMILES string of the molecule is CC1CC(C(=O)N2CC(O)CC2C(N)=O)CCN1. The molecule has 2 aliphatic heterocycles. The molecule has 2 heterocycles. The van der Waals surface area contributed by atoms with E-state index >= 15 is 0 Å². The Kier molecular flexibility index (Phi) is 3.87. The maximum atomic E-state index is 12.4. The van der Waals surface area contributed by atoms with Crippen molar-refractivity contribution in [1.82, 2.24) is 10.2 Å². The fourth-order valence-corrected chi connectivity index (χ4v) is 2.92. The van der Waals surface area contributed by atoms with Gasteiger partial charge >= 0.3 is 0 Å². The Hall–Kier alpha value is -1.14. The summed E-state index contributed by atoms with van der Waals surface area (Å²) in [6.07, 6.45) is 1.19. The third kappa shape index (κ3) is 2.64. The van der Waals surface area contributed by atoms with Crippen molar-refractivity contribution in [3.05, 3.63) is 0 Å². The van der Waals surface area contributed by atoms with Crippen molar-refractivity contribution in [2.24, 2.45) is 11.7 Å². The second kappa shape index (κ2) is 5.24. The van der Waals surface area contributed by atoms with Crippen LogP contribution in [0, 0.1) is 5.92 Å². The van der Waals surface area contributed by atoms with Crippen LogP contribution in [0.5, 0.6) is 0 Å². The summed E-state index contributed by atoms with van der Waals surface area (Å²) in [5.74, 6) is -0.626. The lowest BCUT2D eigenvalue weighted by Crippen LogP contribution is -2.49. The number of nitrogens with zero attached hydrogens (tertiary/aromatic N) is 1. The molecule has 2 saturated heterocycles. The first-order chi connectivity index (χ1) is 8.49. The second-order valence-corrected chi connectivity index (χ2v) is 5.37. The minimum Gasteiger partial charge on any atom is -0.391 e. The number of rotatable bonds is 2. The zero-order valence-corrected chi connectivity index (χ0v) is 10.6. The van der Waals surface area contributed by atoms with E-state index in [1.165, 1.54) is 4.90 Å². The van der Waals surface area contributed by atoms with Crippen LogP contribution in [0.15, 0.2) is 0 Å². The summed E-state index contributed by atoms with van der Waals surface area (Å²) in [6.45, 7) is 3.09. The molecule has 0 radical (unpaired) electrons. The van der Waals surface area contributed by atoms with E-state index in [1.807, 2.05) is 6.92 Å². The van der Waals surface area contributed by atoms with Crippen LogP contribution >= 0.6 is 0 Å². The monoisotopic (exact) mass is 255 g/mol. The Balaban J connectivity index is 2.05. The van der Waals surface area contributed by atoms with Gasteiger partial charge in [-0.2, -0.15) is 0 Å². The Bertz CT molecular complexity index is 347. The Morgan fingerprint density at radius 3 is 2.72 bits per heavy atom. The molecule has 2 rings (SSSR count). The van der Waals surface area contributed by atoms with Crippen molar-refractivity contribution in [1.29, 1.82) is 0 Å². The summed E-state index contributed by atoms with van der Waals surface area (Å²) >= 11 is 0. The van der Waals surface area contributed by atoms with Gasteiger partial charge in [0.15, 0.2) is 0 Å². The van der Waals surface area contributed by atoms with Gasteiger partial charge in [0, 0.05) is 24.9 Å². The van der Waals surface area contributed by atoms with E-state index in [1.54, 1.807) is 0 Å². The molecule has 0 bridgehead atoms. The average Bonchev–Trinajstić information content (AvgIpc) is 2.70. The molecule has 2 fully saturated rings. The normalized spacial score (nSPS) is 36.7. The molecule has 2 aliphatic rings. The summed E-state index contributed by atoms with van der Waals surface area (Å²) < 4.78 is 0. The van der Waals surface area contributed by atoms with Gasteiger partial charge in [0.05, 0.1) is 6.10 Å². The first kappa shape index (κ1) is 13.3. The van der Waals surface area contributed by atoms with Crippen LogP contribution in [0.3, 0.4) is 0 Å². The third-order valence-corrected chi connectivity index (χ3v) is 3.86. The first-order valence-electron chi connectivity index (χ1n) is 6.50. The van der Waals surface area contributed by atoms with E-state index in [9.17, 15) is 14.7 Å². The van der Waals surface area contributed by atoms with Gasteiger partial charge in [0.25, 0.3) is 0 Å². The number of nitrogens with one attached hydrogen (secondary N) is 1. The van der Waals surface area contributed by atoms with Gasteiger partial charge in [-0.1, -0.05) is 0 Å². The minimum absolute atomic E-state index is 0.0382. The number of nitrogens with two attached hydrogens (primary N) is 1. The van der Waals surface area contributed by atoms with Crippen LogP contribution in [0.4, 0.5) is 0 Å². The molecule has 4 unspecified atom stereocenters. The highest BCUT2D eigenvalue weighted by Gasteiger charge is 2.40. The highest BCUT2D eigenvalue weighted by molar-refractivity contribution is 5.88. The number of carbonyl (C=O) groups is 2. The molecular formula is C12H21N3O3. The number of carbonyl (C=O) groups excluding carboxylic acids is 2. The van der Waals surface area contributed by atoms with Crippen LogP contribution in [0.2, 0.25) is 0 Å². The van der Waals surface area contributed by atoms with Crippen LogP contribution in [-0.4, -0.2) is 53.1 Å². The lowest BCUT2D eigenvalue weighted by Gasteiger charge is -2.32. The zero-order valence-electron chi connectivity index (χ0n) is 10.6. The van der Waals surface area contributed by atoms with E-state index in [-0.39, 0.29) is 24.8 Å².